The van der Waals surface area contributed by atoms with Crippen molar-refractivity contribution in [3.63, 3.8) is 0 Å². The molecule has 0 spiro atoms. The lowest BCUT2D eigenvalue weighted by Crippen LogP contribution is -2.40. The highest BCUT2D eigenvalue weighted by atomic mass is 31.1. The number of nitrogens with zero attached hydrogens (tertiary/aromatic N) is 1. The van der Waals surface area contributed by atoms with Crippen LogP contribution in [-0.4, -0.2) is 40.6 Å². The van der Waals surface area contributed by atoms with Crippen molar-refractivity contribution in [3.05, 3.63) is 69.8 Å². The normalized spacial score (nSPS) is 14.8. The molecule has 0 saturated heterocycles. The fraction of sp³-hybridized carbons (Fsp3) is 0.429. The SMILES string of the molecule is CCc1c(C)c2c(c(O)c1CC=C(C)CN[PH](=O)N(Oc1ccccc1)[C@@H](C)C(=O)OC(C)C)C(=O)OC2. The molecule has 2 N–H and O–H groups in total. The van der Waals surface area contributed by atoms with Gasteiger partial charge < -0.3 is 19.4 Å². The minimum Gasteiger partial charge on any atom is -0.507 e. The van der Waals surface area contributed by atoms with E-state index in [1.807, 2.05) is 32.9 Å². The van der Waals surface area contributed by atoms with E-state index in [2.05, 4.69) is 5.09 Å². The number of ether oxygens (including phenoxy) is 2. The Bertz CT molecular complexity index is 1230. The summed E-state index contributed by atoms with van der Waals surface area (Å²) < 4.78 is 23.7. The Hall–Kier alpha value is -3.13. The molecule has 1 aliphatic heterocycles. The van der Waals surface area contributed by atoms with E-state index in [1.54, 1.807) is 45.0 Å². The van der Waals surface area contributed by atoms with Crippen molar-refractivity contribution in [1.29, 1.82) is 0 Å². The first-order valence-electron chi connectivity index (χ1n) is 12.7. The van der Waals surface area contributed by atoms with Crippen LogP contribution in [0.5, 0.6) is 11.5 Å². The van der Waals surface area contributed by atoms with Crippen LogP contribution in [0.1, 0.15) is 67.2 Å². The lowest BCUT2D eigenvalue weighted by Gasteiger charge is -2.27. The van der Waals surface area contributed by atoms with Gasteiger partial charge in [0.25, 0.3) is 0 Å². The van der Waals surface area contributed by atoms with Crippen LogP contribution in [0.15, 0.2) is 42.0 Å². The molecule has 0 amide bonds. The molecule has 206 valence electrons. The number of hydroxylamine groups is 1. The number of cyclic esters (lactones) is 1. The summed E-state index contributed by atoms with van der Waals surface area (Å²) in [6, 6.07) is 7.89. The second kappa shape index (κ2) is 13.1. The number of allylic oxidation sites excluding steroid dienone is 1. The van der Waals surface area contributed by atoms with E-state index in [0.29, 0.717) is 24.2 Å². The van der Waals surface area contributed by atoms with Crippen LogP contribution in [0, 0.1) is 6.92 Å². The fourth-order valence-corrected chi connectivity index (χ4v) is 5.53. The van der Waals surface area contributed by atoms with Crippen molar-refractivity contribution in [2.45, 2.75) is 73.1 Å². The summed E-state index contributed by atoms with van der Waals surface area (Å²) in [4.78, 5) is 31.7. The van der Waals surface area contributed by atoms with Gasteiger partial charge in [0, 0.05) is 17.7 Å². The number of aromatic hydroxyl groups is 1. The summed E-state index contributed by atoms with van der Waals surface area (Å²) in [5, 5.41) is 13.8. The molecule has 0 bridgehead atoms. The summed E-state index contributed by atoms with van der Waals surface area (Å²) in [6.45, 7) is 11.3. The van der Waals surface area contributed by atoms with E-state index in [9.17, 15) is 19.3 Å². The maximum atomic E-state index is 13.3. The molecule has 0 fully saturated rings. The van der Waals surface area contributed by atoms with Gasteiger partial charge in [0.2, 0.25) is 8.10 Å². The van der Waals surface area contributed by atoms with E-state index in [-0.39, 0.29) is 30.6 Å². The van der Waals surface area contributed by atoms with E-state index in [0.717, 1.165) is 27.1 Å². The number of benzene rings is 2. The molecule has 2 aromatic rings. The number of carbonyl (C=O) groups excluding carboxylic acids is 2. The number of hydrogen-bond acceptors (Lipinski definition) is 7. The molecule has 0 aromatic heterocycles. The molecule has 1 aliphatic rings. The zero-order valence-corrected chi connectivity index (χ0v) is 23.8. The molecule has 0 aliphatic carbocycles. The number of esters is 2. The predicted octanol–water partition coefficient (Wildman–Crippen LogP) is 5.04. The van der Waals surface area contributed by atoms with Gasteiger partial charge in [0.15, 0.2) is 0 Å². The predicted molar refractivity (Wildman–Crippen MR) is 145 cm³/mol. The number of hydrogen-bond donors (Lipinski definition) is 2. The highest BCUT2D eigenvalue weighted by molar-refractivity contribution is 7.39. The fourth-order valence-electron chi connectivity index (χ4n) is 4.30. The number of phenols is 1. The van der Waals surface area contributed by atoms with Crippen molar-refractivity contribution >= 4 is 20.0 Å². The maximum absolute atomic E-state index is 13.3. The molecule has 2 atom stereocenters. The first-order chi connectivity index (χ1) is 18.0. The number of fused-ring (bicyclic) bond motifs is 1. The minimum atomic E-state index is -2.76. The van der Waals surface area contributed by atoms with Crippen molar-refractivity contribution in [2.24, 2.45) is 0 Å². The Morgan fingerprint density at radius 1 is 1.24 bits per heavy atom. The topological polar surface area (TPSA) is 114 Å². The van der Waals surface area contributed by atoms with Crippen LogP contribution in [0.3, 0.4) is 0 Å². The third-order valence-corrected chi connectivity index (χ3v) is 7.72. The first-order valence-corrected chi connectivity index (χ1v) is 14.1. The van der Waals surface area contributed by atoms with Gasteiger partial charge >= 0.3 is 11.9 Å². The number of nitrogens with one attached hydrogen (secondary N) is 1. The van der Waals surface area contributed by atoms with Crippen LogP contribution >= 0.6 is 8.10 Å². The lowest BCUT2D eigenvalue weighted by molar-refractivity contribution is -0.158. The van der Waals surface area contributed by atoms with E-state index >= 15 is 0 Å². The van der Waals surface area contributed by atoms with Gasteiger partial charge in [0.1, 0.15) is 29.7 Å². The lowest BCUT2D eigenvalue weighted by atomic mass is 9.89. The van der Waals surface area contributed by atoms with Crippen LogP contribution in [0.2, 0.25) is 0 Å². The Labute approximate surface area is 224 Å². The number of carbonyl (C=O) groups is 2. The molecule has 3 rings (SSSR count). The Morgan fingerprint density at radius 3 is 2.55 bits per heavy atom. The molecule has 9 nitrogen and oxygen atoms in total. The third-order valence-electron chi connectivity index (χ3n) is 6.36. The van der Waals surface area contributed by atoms with Crippen LogP contribution < -0.4 is 9.92 Å². The largest absolute Gasteiger partial charge is 0.507 e. The smallest absolute Gasteiger partial charge is 0.342 e. The Kier molecular flexibility index (Phi) is 10.1. The van der Waals surface area contributed by atoms with Gasteiger partial charge in [0.05, 0.1) is 6.10 Å². The van der Waals surface area contributed by atoms with Crippen molar-refractivity contribution in [1.82, 2.24) is 9.92 Å². The summed E-state index contributed by atoms with van der Waals surface area (Å²) in [6.07, 6.45) is 2.69. The van der Waals surface area contributed by atoms with Crippen LogP contribution in [-0.2, 0) is 38.3 Å². The molecule has 38 heavy (non-hydrogen) atoms. The van der Waals surface area contributed by atoms with Crippen molar-refractivity contribution in [3.8, 4) is 11.5 Å². The molecule has 1 unspecified atom stereocenters. The highest BCUT2D eigenvalue weighted by Crippen LogP contribution is 2.38. The van der Waals surface area contributed by atoms with Crippen LogP contribution in [0.4, 0.5) is 0 Å². The first kappa shape index (κ1) is 29.4. The van der Waals surface area contributed by atoms with E-state index < -0.39 is 26.1 Å². The monoisotopic (exact) mass is 544 g/mol. The second-order valence-electron chi connectivity index (χ2n) is 9.52. The van der Waals surface area contributed by atoms with Crippen LogP contribution in [0.25, 0.3) is 0 Å². The van der Waals surface area contributed by atoms with Gasteiger partial charge in [-0.05, 0) is 70.7 Å². The third kappa shape index (κ3) is 6.84. The standard InChI is InChI=1S/C28H37N2O7P/c1-7-22-19(5)24-16-35-28(33)25(24)26(31)23(22)14-13-18(4)15-29-38(34)30(20(6)27(32)36-17(2)3)37-21-11-9-8-10-12-21/h8-13,17,20,31,38H,7,14-16H2,1-6H3,(H,29,34)/t20-/m0/s1. The summed E-state index contributed by atoms with van der Waals surface area (Å²) in [5.41, 5.74) is 4.50. The number of para-hydroxylation sites is 1. The molecule has 0 saturated carbocycles. The molecular formula is C28H37N2O7P. The maximum Gasteiger partial charge on any atom is 0.342 e. The van der Waals surface area contributed by atoms with Gasteiger partial charge in [-0.2, -0.15) is 0 Å². The van der Waals surface area contributed by atoms with Gasteiger partial charge in [-0.1, -0.05) is 41.6 Å². The van der Waals surface area contributed by atoms with Crippen molar-refractivity contribution < 1.29 is 33.6 Å². The van der Waals surface area contributed by atoms with Gasteiger partial charge in [-0.15, -0.1) is 0 Å². The Balaban J connectivity index is 1.74. The molecule has 0 radical (unpaired) electrons. The second-order valence-corrected chi connectivity index (χ2v) is 10.9. The summed E-state index contributed by atoms with van der Waals surface area (Å²) >= 11 is 0. The average molecular weight is 545 g/mol. The van der Waals surface area contributed by atoms with E-state index in [4.69, 9.17) is 14.3 Å². The van der Waals surface area contributed by atoms with Crippen molar-refractivity contribution in [2.75, 3.05) is 6.54 Å². The zero-order chi connectivity index (χ0) is 28.0. The minimum absolute atomic E-state index is 0.0320. The molecular weight excluding hydrogens is 507 g/mol. The average Bonchev–Trinajstić information content (AvgIpc) is 3.28. The van der Waals surface area contributed by atoms with Gasteiger partial charge in [-0.25, -0.2) is 4.79 Å². The highest BCUT2D eigenvalue weighted by Gasteiger charge is 2.31. The molecule has 10 heteroatoms. The molecule has 2 aromatic carbocycles. The summed E-state index contributed by atoms with van der Waals surface area (Å²) in [5.74, 6) is -0.641. The Morgan fingerprint density at radius 2 is 1.92 bits per heavy atom. The molecule has 1 heterocycles. The quantitative estimate of drug-likeness (QED) is 0.164. The van der Waals surface area contributed by atoms with Gasteiger partial charge in [-0.3, -0.25) is 14.4 Å². The zero-order valence-electron chi connectivity index (χ0n) is 22.8. The number of phenolic OH excluding ortho intramolecular Hbond substituents is 1. The van der Waals surface area contributed by atoms with E-state index in [1.165, 1.54) is 0 Å². The summed E-state index contributed by atoms with van der Waals surface area (Å²) in [7, 11) is -2.76. The number of rotatable bonds is 12.